The molecule has 0 aliphatic rings. The summed E-state index contributed by atoms with van der Waals surface area (Å²) in [5.41, 5.74) is 1.92. The van der Waals surface area contributed by atoms with Gasteiger partial charge in [0.2, 0.25) is 0 Å². The van der Waals surface area contributed by atoms with Crippen LogP contribution in [0.4, 0.5) is 0 Å². The lowest BCUT2D eigenvalue weighted by Gasteiger charge is -2.08. The number of hydrogen-bond acceptors (Lipinski definition) is 5. The Hall–Kier alpha value is -2.76. The molecule has 0 saturated carbocycles. The van der Waals surface area contributed by atoms with Crippen LogP contribution in [0.15, 0.2) is 41.1 Å². The molecule has 2 aromatic heterocycles. The van der Waals surface area contributed by atoms with Gasteiger partial charge in [-0.1, -0.05) is 11.2 Å². The molecule has 0 bridgehead atoms. The van der Waals surface area contributed by atoms with Gasteiger partial charge in [0.15, 0.2) is 17.3 Å². The van der Waals surface area contributed by atoms with Crippen LogP contribution < -0.4 is 9.47 Å². The van der Waals surface area contributed by atoms with Crippen molar-refractivity contribution in [3.8, 4) is 23.1 Å². The fourth-order valence-electron chi connectivity index (χ4n) is 2.29. The van der Waals surface area contributed by atoms with Gasteiger partial charge in [-0.25, -0.2) is 0 Å². The first-order chi connectivity index (χ1) is 10.7. The highest BCUT2D eigenvalue weighted by atomic mass is 16.5. The Kier molecular flexibility index (Phi) is 3.82. The topological polar surface area (TPSA) is 62.3 Å². The highest BCUT2D eigenvalue weighted by Crippen LogP contribution is 2.28. The molecule has 0 saturated heterocycles. The van der Waals surface area contributed by atoms with Gasteiger partial charge in [0.1, 0.15) is 5.69 Å². The standard InChI is InChI=1S/C16H17N3O3/c1-19-8-4-5-12(19)16-17-15(18-22-16)10-11-6-7-13(20-2)14(9-11)21-3/h4-9H,10H2,1-3H3. The van der Waals surface area contributed by atoms with Gasteiger partial charge in [-0.05, 0) is 29.8 Å². The van der Waals surface area contributed by atoms with Crippen LogP contribution in [0.3, 0.4) is 0 Å². The number of methoxy groups -OCH3 is 2. The summed E-state index contributed by atoms with van der Waals surface area (Å²) >= 11 is 0. The van der Waals surface area contributed by atoms with Crippen LogP contribution in [0, 0.1) is 0 Å². The monoisotopic (exact) mass is 299 g/mol. The first-order valence-electron chi connectivity index (χ1n) is 6.86. The van der Waals surface area contributed by atoms with E-state index in [1.165, 1.54) is 0 Å². The van der Waals surface area contributed by atoms with Crippen LogP contribution in [0.25, 0.3) is 11.6 Å². The third-order valence-corrected chi connectivity index (χ3v) is 3.44. The zero-order chi connectivity index (χ0) is 15.5. The average Bonchev–Trinajstić information content (AvgIpc) is 3.15. The SMILES string of the molecule is COc1ccc(Cc2noc(-c3cccn3C)n2)cc1OC. The zero-order valence-electron chi connectivity index (χ0n) is 12.7. The molecule has 114 valence electrons. The number of aromatic nitrogens is 3. The van der Waals surface area contributed by atoms with E-state index in [0.717, 1.165) is 11.3 Å². The summed E-state index contributed by atoms with van der Waals surface area (Å²) in [7, 11) is 5.17. The molecule has 2 heterocycles. The Bertz CT molecular complexity index is 777. The fourth-order valence-corrected chi connectivity index (χ4v) is 2.29. The quantitative estimate of drug-likeness (QED) is 0.725. The van der Waals surface area contributed by atoms with E-state index >= 15 is 0 Å². The van der Waals surface area contributed by atoms with Crippen LogP contribution in [-0.2, 0) is 13.5 Å². The maximum Gasteiger partial charge on any atom is 0.274 e. The minimum absolute atomic E-state index is 0.517. The molecule has 3 rings (SSSR count). The Morgan fingerprint density at radius 3 is 2.64 bits per heavy atom. The summed E-state index contributed by atoms with van der Waals surface area (Å²) in [6, 6.07) is 9.62. The summed E-state index contributed by atoms with van der Waals surface area (Å²) in [5.74, 6) is 2.53. The molecular weight excluding hydrogens is 282 g/mol. The third-order valence-electron chi connectivity index (χ3n) is 3.44. The van der Waals surface area contributed by atoms with Gasteiger partial charge in [0, 0.05) is 19.7 Å². The Morgan fingerprint density at radius 1 is 1.14 bits per heavy atom. The molecule has 0 atom stereocenters. The first-order valence-corrected chi connectivity index (χ1v) is 6.86. The number of rotatable bonds is 5. The molecule has 0 aliphatic carbocycles. The highest BCUT2D eigenvalue weighted by molar-refractivity contribution is 5.48. The van der Waals surface area contributed by atoms with E-state index in [2.05, 4.69) is 10.1 Å². The van der Waals surface area contributed by atoms with Gasteiger partial charge in [-0.2, -0.15) is 4.98 Å². The second-order valence-corrected chi connectivity index (χ2v) is 4.89. The summed E-state index contributed by atoms with van der Waals surface area (Å²) in [5, 5.41) is 4.04. The molecule has 0 aliphatic heterocycles. The number of nitrogens with zero attached hydrogens (tertiary/aromatic N) is 3. The van der Waals surface area contributed by atoms with Gasteiger partial charge in [-0.15, -0.1) is 0 Å². The molecule has 0 unspecified atom stereocenters. The van der Waals surface area contributed by atoms with Crippen molar-refractivity contribution in [2.24, 2.45) is 7.05 Å². The summed E-state index contributed by atoms with van der Waals surface area (Å²) in [6.45, 7) is 0. The van der Waals surface area contributed by atoms with Gasteiger partial charge < -0.3 is 18.6 Å². The molecular formula is C16H17N3O3. The second kappa shape index (κ2) is 5.93. The molecule has 3 aromatic rings. The molecule has 0 radical (unpaired) electrons. The van der Waals surface area contributed by atoms with Crippen molar-refractivity contribution in [2.45, 2.75) is 6.42 Å². The largest absolute Gasteiger partial charge is 0.493 e. The zero-order valence-corrected chi connectivity index (χ0v) is 12.7. The van der Waals surface area contributed by atoms with Crippen LogP contribution in [-0.4, -0.2) is 28.9 Å². The van der Waals surface area contributed by atoms with Crippen molar-refractivity contribution >= 4 is 0 Å². The van der Waals surface area contributed by atoms with Gasteiger partial charge in [0.05, 0.1) is 14.2 Å². The van der Waals surface area contributed by atoms with Crippen molar-refractivity contribution in [1.29, 1.82) is 0 Å². The molecule has 0 fully saturated rings. The maximum absolute atomic E-state index is 5.33. The average molecular weight is 299 g/mol. The first kappa shape index (κ1) is 14.2. The van der Waals surface area contributed by atoms with Crippen molar-refractivity contribution in [1.82, 2.24) is 14.7 Å². The van der Waals surface area contributed by atoms with E-state index in [9.17, 15) is 0 Å². The number of hydrogen-bond donors (Lipinski definition) is 0. The third kappa shape index (κ3) is 2.67. The summed E-state index contributed by atoms with van der Waals surface area (Å²) in [6.07, 6.45) is 2.50. The van der Waals surface area contributed by atoms with Gasteiger partial charge in [0.25, 0.3) is 5.89 Å². The van der Waals surface area contributed by atoms with Crippen molar-refractivity contribution < 1.29 is 14.0 Å². The van der Waals surface area contributed by atoms with E-state index < -0.39 is 0 Å². The highest BCUT2D eigenvalue weighted by Gasteiger charge is 2.12. The van der Waals surface area contributed by atoms with E-state index in [1.54, 1.807) is 14.2 Å². The van der Waals surface area contributed by atoms with Crippen LogP contribution in [0.5, 0.6) is 11.5 Å². The number of aryl methyl sites for hydroxylation is 1. The van der Waals surface area contributed by atoms with E-state index in [4.69, 9.17) is 14.0 Å². The minimum Gasteiger partial charge on any atom is -0.493 e. The smallest absolute Gasteiger partial charge is 0.274 e. The van der Waals surface area contributed by atoms with Gasteiger partial charge in [-0.3, -0.25) is 0 Å². The van der Waals surface area contributed by atoms with Crippen LogP contribution in [0.2, 0.25) is 0 Å². The molecule has 0 spiro atoms. The Balaban J connectivity index is 1.82. The Morgan fingerprint density at radius 2 is 1.95 bits per heavy atom. The normalized spacial score (nSPS) is 10.7. The number of benzene rings is 1. The van der Waals surface area contributed by atoms with Crippen molar-refractivity contribution in [3.63, 3.8) is 0 Å². The fraction of sp³-hybridized carbons (Fsp3) is 0.250. The molecule has 22 heavy (non-hydrogen) atoms. The molecule has 1 aromatic carbocycles. The lowest BCUT2D eigenvalue weighted by molar-refractivity contribution is 0.354. The van der Waals surface area contributed by atoms with Crippen LogP contribution in [0.1, 0.15) is 11.4 Å². The molecule has 0 N–H and O–H groups in total. The molecule has 6 nitrogen and oxygen atoms in total. The predicted molar refractivity (Wildman–Crippen MR) is 81.1 cm³/mol. The van der Waals surface area contributed by atoms with E-state index in [-0.39, 0.29) is 0 Å². The molecule has 0 amide bonds. The van der Waals surface area contributed by atoms with Crippen LogP contribution >= 0.6 is 0 Å². The second-order valence-electron chi connectivity index (χ2n) is 4.89. The Labute approximate surface area is 128 Å². The van der Waals surface area contributed by atoms with Gasteiger partial charge >= 0.3 is 0 Å². The molecule has 6 heteroatoms. The summed E-state index contributed by atoms with van der Waals surface area (Å²) < 4.78 is 17.8. The van der Waals surface area contributed by atoms with E-state index in [1.807, 2.05) is 48.1 Å². The van der Waals surface area contributed by atoms with Crippen molar-refractivity contribution in [3.05, 3.63) is 47.9 Å². The number of ether oxygens (including phenoxy) is 2. The predicted octanol–water partition coefficient (Wildman–Crippen LogP) is 2.68. The van der Waals surface area contributed by atoms with Crippen molar-refractivity contribution in [2.75, 3.05) is 14.2 Å². The minimum atomic E-state index is 0.517. The van der Waals surface area contributed by atoms with E-state index in [0.29, 0.717) is 29.6 Å². The maximum atomic E-state index is 5.33. The summed E-state index contributed by atoms with van der Waals surface area (Å²) in [4.78, 5) is 4.44. The lowest BCUT2D eigenvalue weighted by Crippen LogP contribution is -1.95. The lowest BCUT2D eigenvalue weighted by atomic mass is 10.1.